The SMILES string of the molecule is CCCCCCCOc1cccc(NC(=O)c2cc(Br)ccc2OCCCC)c1. The van der Waals surface area contributed by atoms with Crippen LogP contribution in [0.1, 0.15) is 69.2 Å². The summed E-state index contributed by atoms with van der Waals surface area (Å²) in [5, 5.41) is 2.96. The number of nitrogens with one attached hydrogen (secondary N) is 1. The number of carbonyl (C=O) groups excluding carboxylic acids is 1. The number of benzene rings is 2. The number of hydrogen-bond donors (Lipinski definition) is 1. The molecule has 0 saturated carbocycles. The highest BCUT2D eigenvalue weighted by Crippen LogP contribution is 2.25. The first-order chi connectivity index (χ1) is 14.1. The van der Waals surface area contributed by atoms with Gasteiger partial charge in [0.2, 0.25) is 0 Å². The zero-order valence-corrected chi connectivity index (χ0v) is 19.1. The van der Waals surface area contributed by atoms with E-state index in [0.717, 1.165) is 29.5 Å². The summed E-state index contributed by atoms with van der Waals surface area (Å²) in [7, 11) is 0. The molecule has 5 heteroatoms. The highest BCUT2D eigenvalue weighted by Gasteiger charge is 2.14. The third kappa shape index (κ3) is 8.48. The van der Waals surface area contributed by atoms with Gasteiger partial charge in [-0.25, -0.2) is 0 Å². The quantitative estimate of drug-likeness (QED) is 0.320. The molecule has 158 valence electrons. The van der Waals surface area contributed by atoms with Gasteiger partial charge in [0.1, 0.15) is 11.5 Å². The van der Waals surface area contributed by atoms with Crippen molar-refractivity contribution in [3.63, 3.8) is 0 Å². The van der Waals surface area contributed by atoms with Crippen molar-refractivity contribution >= 4 is 27.5 Å². The van der Waals surface area contributed by atoms with Gasteiger partial charge in [0.15, 0.2) is 0 Å². The Morgan fingerprint density at radius 3 is 2.45 bits per heavy atom. The molecule has 0 aliphatic rings. The van der Waals surface area contributed by atoms with Crippen LogP contribution < -0.4 is 14.8 Å². The van der Waals surface area contributed by atoms with Gasteiger partial charge in [0, 0.05) is 16.2 Å². The van der Waals surface area contributed by atoms with Crippen molar-refractivity contribution in [2.24, 2.45) is 0 Å². The Balaban J connectivity index is 1.95. The molecule has 0 spiro atoms. The summed E-state index contributed by atoms with van der Waals surface area (Å²) in [6.45, 7) is 5.62. The van der Waals surface area contributed by atoms with Crippen molar-refractivity contribution in [1.29, 1.82) is 0 Å². The Kier molecular flexibility index (Phi) is 10.6. The minimum atomic E-state index is -0.200. The number of halogens is 1. The number of carbonyl (C=O) groups is 1. The lowest BCUT2D eigenvalue weighted by Crippen LogP contribution is -2.14. The molecule has 0 heterocycles. The van der Waals surface area contributed by atoms with E-state index in [4.69, 9.17) is 9.47 Å². The number of amides is 1. The van der Waals surface area contributed by atoms with Crippen molar-refractivity contribution in [3.05, 3.63) is 52.5 Å². The maximum atomic E-state index is 12.8. The van der Waals surface area contributed by atoms with Crippen molar-refractivity contribution in [3.8, 4) is 11.5 Å². The molecule has 0 atom stereocenters. The number of hydrogen-bond acceptors (Lipinski definition) is 3. The second-order valence-electron chi connectivity index (χ2n) is 7.09. The Bertz CT molecular complexity index is 764. The van der Waals surface area contributed by atoms with Crippen LogP contribution in [-0.4, -0.2) is 19.1 Å². The molecule has 0 bridgehead atoms. The van der Waals surface area contributed by atoms with Gasteiger partial charge in [0.25, 0.3) is 5.91 Å². The molecule has 1 N–H and O–H groups in total. The second kappa shape index (κ2) is 13.3. The lowest BCUT2D eigenvalue weighted by Gasteiger charge is -2.13. The maximum absolute atomic E-state index is 12.8. The monoisotopic (exact) mass is 461 g/mol. The smallest absolute Gasteiger partial charge is 0.259 e. The predicted molar refractivity (Wildman–Crippen MR) is 123 cm³/mol. The summed E-state index contributed by atoms with van der Waals surface area (Å²) in [5.41, 5.74) is 1.22. The minimum Gasteiger partial charge on any atom is -0.494 e. The van der Waals surface area contributed by atoms with E-state index in [2.05, 4.69) is 35.1 Å². The number of anilines is 1. The highest BCUT2D eigenvalue weighted by atomic mass is 79.9. The predicted octanol–water partition coefficient (Wildman–Crippen LogP) is 7.23. The average Bonchev–Trinajstić information content (AvgIpc) is 2.72. The number of unbranched alkanes of at least 4 members (excludes halogenated alkanes) is 5. The van der Waals surface area contributed by atoms with Gasteiger partial charge >= 0.3 is 0 Å². The molecule has 2 aromatic carbocycles. The number of rotatable bonds is 13. The maximum Gasteiger partial charge on any atom is 0.259 e. The molecule has 2 rings (SSSR count). The van der Waals surface area contributed by atoms with E-state index >= 15 is 0 Å². The fourth-order valence-corrected chi connectivity index (χ4v) is 3.25. The zero-order valence-electron chi connectivity index (χ0n) is 17.5. The first kappa shape index (κ1) is 23.3. The summed E-state index contributed by atoms with van der Waals surface area (Å²) < 4.78 is 12.5. The fourth-order valence-electron chi connectivity index (χ4n) is 2.89. The van der Waals surface area contributed by atoms with E-state index in [0.29, 0.717) is 30.2 Å². The molecule has 2 aromatic rings. The van der Waals surface area contributed by atoms with Crippen molar-refractivity contribution in [1.82, 2.24) is 0 Å². The Morgan fingerprint density at radius 1 is 0.897 bits per heavy atom. The van der Waals surface area contributed by atoms with Gasteiger partial charge in [0.05, 0.1) is 18.8 Å². The average molecular weight is 462 g/mol. The first-order valence-corrected chi connectivity index (χ1v) is 11.4. The van der Waals surface area contributed by atoms with Crippen molar-refractivity contribution in [2.75, 3.05) is 18.5 Å². The normalized spacial score (nSPS) is 10.6. The molecule has 0 aromatic heterocycles. The van der Waals surface area contributed by atoms with Crippen LogP contribution >= 0.6 is 15.9 Å². The largest absolute Gasteiger partial charge is 0.494 e. The van der Waals surface area contributed by atoms with Crippen molar-refractivity contribution in [2.45, 2.75) is 58.8 Å². The molecule has 0 radical (unpaired) electrons. The van der Waals surface area contributed by atoms with E-state index in [1.54, 1.807) is 6.07 Å². The molecular formula is C24H32BrNO3. The van der Waals surface area contributed by atoms with Crippen LogP contribution in [0.2, 0.25) is 0 Å². The molecule has 0 unspecified atom stereocenters. The van der Waals surface area contributed by atoms with Crippen LogP contribution in [0.15, 0.2) is 46.9 Å². The van der Waals surface area contributed by atoms with Crippen LogP contribution in [0, 0.1) is 0 Å². The Hall–Kier alpha value is -2.01. The Labute approximate surface area is 183 Å². The summed E-state index contributed by atoms with van der Waals surface area (Å²) in [4.78, 5) is 12.8. The minimum absolute atomic E-state index is 0.200. The molecule has 0 fully saturated rings. The van der Waals surface area contributed by atoms with Gasteiger partial charge in [-0.1, -0.05) is 67.9 Å². The first-order valence-electron chi connectivity index (χ1n) is 10.6. The van der Waals surface area contributed by atoms with Gasteiger partial charge in [-0.2, -0.15) is 0 Å². The van der Waals surface area contributed by atoms with E-state index < -0.39 is 0 Å². The van der Waals surface area contributed by atoms with Crippen LogP contribution in [0.5, 0.6) is 11.5 Å². The number of ether oxygens (including phenoxy) is 2. The fraction of sp³-hybridized carbons (Fsp3) is 0.458. The molecular weight excluding hydrogens is 430 g/mol. The topological polar surface area (TPSA) is 47.6 Å². The van der Waals surface area contributed by atoms with E-state index in [-0.39, 0.29) is 5.91 Å². The van der Waals surface area contributed by atoms with E-state index in [1.807, 2.05) is 36.4 Å². The molecule has 0 aliphatic carbocycles. The lowest BCUT2D eigenvalue weighted by atomic mass is 10.1. The molecule has 29 heavy (non-hydrogen) atoms. The molecule has 1 amide bonds. The zero-order chi connectivity index (χ0) is 20.9. The van der Waals surface area contributed by atoms with Crippen LogP contribution in [0.3, 0.4) is 0 Å². The van der Waals surface area contributed by atoms with Crippen LogP contribution in [-0.2, 0) is 0 Å². The lowest BCUT2D eigenvalue weighted by molar-refractivity contribution is 0.102. The van der Waals surface area contributed by atoms with Gasteiger partial charge in [-0.3, -0.25) is 4.79 Å². The van der Waals surface area contributed by atoms with E-state index in [9.17, 15) is 4.79 Å². The van der Waals surface area contributed by atoms with Gasteiger partial charge in [-0.05, 0) is 43.2 Å². The third-order valence-corrected chi connectivity index (χ3v) is 5.04. The summed E-state index contributed by atoms with van der Waals surface area (Å²) in [6.07, 6.45) is 8.01. The molecule has 0 saturated heterocycles. The summed E-state index contributed by atoms with van der Waals surface area (Å²) in [6, 6.07) is 13.0. The third-order valence-electron chi connectivity index (χ3n) is 4.55. The van der Waals surface area contributed by atoms with Crippen LogP contribution in [0.4, 0.5) is 5.69 Å². The summed E-state index contributed by atoms with van der Waals surface area (Å²) >= 11 is 3.44. The standard InChI is InChI=1S/C24H32BrNO3/c1-3-5-7-8-9-16-28-21-12-10-11-20(18-21)26-24(27)22-17-19(25)13-14-23(22)29-15-6-4-2/h10-14,17-18H,3-9,15-16H2,1-2H3,(H,26,27). The summed E-state index contributed by atoms with van der Waals surface area (Å²) in [5.74, 6) is 1.17. The Morgan fingerprint density at radius 2 is 1.66 bits per heavy atom. The van der Waals surface area contributed by atoms with Crippen molar-refractivity contribution < 1.29 is 14.3 Å². The highest BCUT2D eigenvalue weighted by molar-refractivity contribution is 9.10. The second-order valence-corrected chi connectivity index (χ2v) is 8.00. The van der Waals surface area contributed by atoms with Gasteiger partial charge in [-0.15, -0.1) is 0 Å². The van der Waals surface area contributed by atoms with Crippen LogP contribution in [0.25, 0.3) is 0 Å². The van der Waals surface area contributed by atoms with E-state index in [1.165, 1.54) is 25.7 Å². The molecule has 0 aliphatic heterocycles. The van der Waals surface area contributed by atoms with Gasteiger partial charge < -0.3 is 14.8 Å². The molecule has 4 nitrogen and oxygen atoms in total.